The van der Waals surface area contributed by atoms with Crippen LogP contribution >= 0.6 is 11.6 Å². The Morgan fingerprint density at radius 2 is 2.06 bits per heavy atom. The molecule has 0 heterocycles. The molecule has 0 aliphatic carbocycles. The molecule has 0 fully saturated rings. The van der Waals surface area contributed by atoms with Gasteiger partial charge in [-0.2, -0.15) is 0 Å². The van der Waals surface area contributed by atoms with Crippen molar-refractivity contribution in [3.8, 4) is 0 Å². The number of rotatable bonds is 4. The molecular weight excluding hydrogens is 235 g/mol. The number of esters is 1. The van der Waals surface area contributed by atoms with E-state index in [4.69, 9.17) is 11.6 Å². The Kier molecular flexibility index (Phi) is 4.43. The summed E-state index contributed by atoms with van der Waals surface area (Å²) in [6.45, 7) is 0. The van der Waals surface area contributed by atoms with E-state index < -0.39 is 11.8 Å². The van der Waals surface area contributed by atoms with E-state index in [2.05, 4.69) is 4.74 Å². The average molecular weight is 245 g/mol. The molecule has 0 radical (unpaired) electrons. The van der Waals surface area contributed by atoms with Crippen LogP contribution in [0, 0.1) is 5.82 Å². The van der Waals surface area contributed by atoms with Crippen LogP contribution in [0.25, 0.3) is 0 Å². The van der Waals surface area contributed by atoms with Crippen molar-refractivity contribution >= 4 is 23.4 Å². The molecule has 0 saturated carbocycles. The Hall–Kier alpha value is -1.42. The number of hydrogen-bond donors (Lipinski definition) is 0. The summed E-state index contributed by atoms with van der Waals surface area (Å²) < 4.78 is 17.1. The second-order valence-electron chi connectivity index (χ2n) is 3.12. The van der Waals surface area contributed by atoms with Crippen LogP contribution < -0.4 is 0 Å². The fraction of sp³-hybridized carbons (Fsp3) is 0.273. The van der Waals surface area contributed by atoms with Gasteiger partial charge in [0.15, 0.2) is 5.78 Å². The van der Waals surface area contributed by atoms with Crippen LogP contribution in [0.1, 0.15) is 23.2 Å². The Labute approximate surface area is 97.2 Å². The van der Waals surface area contributed by atoms with Gasteiger partial charge in [0.05, 0.1) is 18.6 Å². The highest BCUT2D eigenvalue weighted by Crippen LogP contribution is 2.19. The molecule has 0 atom stereocenters. The zero-order valence-corrected chi connectivity index (χ0v) is 9.38. The molecule has 5 heteroatoms. The number of ether oxygens (including phenoxy) is 1. The Morgan fingerprint density at radius 3 is 2.62 bits per heavy atom. The van der Waals surface area contributed by atoms with E-state index in [-0.39, 0.29) is 29.2 Å². The molecule has 16 heavy (non-hydrogen) atoms. The van der Waals surface area contributed by atoms with Gasteiger partial charge in [-0.25, -0.2) is 4.39 Å². The zero-order chi connectivity index (χ0) is 12.1. The lowest BCUT2D eigenvalue weighted by molar-refractivity contribution is -0.140. The Balaban J connectivity index is 2.70. The second-order valence-corrected chi connectivity index (χ2v) is 3.53. The largest absolute Gasteiger partial charge is 0.469 e. The summed E-state index contributed by atoms with van der Waals surface area (Å²) in [5.74, 6) is -1.28. The lowest BCUT2D eigenvalue weighted by Crippen LogP contribution is -2.06. The standard InChI is InChI=1S/C11H10ClFO3/c1-16-11(15)5-4-10(14)8-3-2-7(13)6-9(8)12/h2-3,6H,4-5H2,1H3. The molecule has 0 saturated heterocycles. The maximum absolute atomic E-state index is 12.7. The van der Waals surface area contributed by atoms with Gasteiger partial charge >= 0.3 is 5.97 Å². The quantitative estimate of drug-likeness (QED) is 0.604. The van der Waals surface area contributed by atoms with Crippen LogP contribution in [-0.4, -0.2) is 18.9 Å². The third kappa shape index (κ3) is 3.31. The highest BCUT2D eigenvalue weighted by atomic mass is 35.5. The van der Waals surface area contributed by atoms with E-state index in [9.17, 15) is 14.0 Å². The molecule has 0 N–H and O–H groups in total. The summed E-state index contributed by atoms with van der Waals surface area (Å²) in [7, 11) is 1.25. The molecular formula is C11H10ClFO3. The number of benzene rings is 1. The molecule has 1 aromatic rings. The summed E-state index contributed by atoms with van der Waals surface area (Å²) in [5.41, 5.74) is 0.215. The van der Waals surface area contributed by atoms with Crippen molar-refractivity contribution in [2.75, 3.05) is 7.11 Å². The van der Waals surface area contributed by atoms with Gasteiger partial charge in [-0.15, -0.1) is 0 Å². The van der Waals surface area contributed by atoms with Crippen molar-refractivity contribution in [1.29, 1.82) is 0 Å². The summed E-state index contributed by atoms with van der Waals surface area (Å²) in [4.78, 5) is 22.4. The van der Waals surface area contributed by atoms with Crippen molar-refractivity contribution in [2.24, 2.45) is 0 Å². The number of ketones is 1. The van der Waals surface area contributed by atoms with Gasteiger partial charge < -0.3 is 4.74 Å². The van der Waals surface area contributed by atoms with E-state index in [1.165, 1.54) is 13.2 Å². The summed E-state index contributed by atoms with van der Waals surface area (Å²) in [5, 5.41) is 0.0508. The summed E-state index contributed by atoms with van der Waals surface area (Å²) in [6, 6.07) is 3.52. The number of halogens is 2. The third-order valence-electron chi connectivity index (χ3n) is 2.02. The number of carbonyl (C=O) groups excluding carboxylic acids is 2. The average Bonchev–Trinajstić information content (AvgIpc) is 2.25. The van der Waals surface area contributed by atoms with Crippen molar-refractivity contribution in [1.82, 2.24) is 0 Å². The number of hydrogen-bond acceptors (Lipinski definition) is 3. The van der Waals surface area contributed by atoms with Gasteiger partial charge in [0.2, 0.25) is 0 Å². The van der Waals surface area contributed by atoms with E-state index in [0.29, 0.717) is 0 Å². The molecule has 0 unspecified atom stereocenters. The second kappa shape index (κ2) is 5.61. The van der Waals surface area contributed by atoms with Crippen LogP contribution in [0.5, 0.6) is 0 Å². The van der Waals surface area contributed by atoms with E-state index in [0.717, 1.165) is 12.1 Å². The van der Waals surface area contributed by atoms with Gasteiger partial charge in [0.1, 0.15) is 5.82 Å². The van der Waals surface area contributed by atoms with Gasteiger partial charge in [0.25, 0.3) is 0 Å². The molecule has 3 nitrogen and oxygen atoms in total. The molecule has 1 aromatic carbocycles. The van der Waals surface area contributed by atoms with Gasteiger partial charge in [-0.05, 0) is 18.2 Å². The first-order chi connectivity index (χ1) is 7.54. The smallest absolute Gasteiger partial charge is 0.305 e. The van der Waals surface area contributed by atoms with E-state index in [1.54, 1.807) is 0 Å². The fourth-order valence-corrected chi connectivity index (χ4v) is 1.44. The van der Waals surface area contributed by atoms with Crippen molar-refractivity contribution in [3.05, 3.63) is 34.6 Å². The predicted octanol–water partition coefficient (Wildman–Crippen LogP) is 2.62. The Bertz CT molecular complexity index is 418. The van der Waals surface area contributed by atoms with Crippen molar-refractivity contribution in [3.63, 3.8) is 0 Å². The fourth-order valence-electron chi connectivity index (χ4n) is 1.17. The Morgan fingerprint density at radius 1 is 1.38 bits per heavy atom. The van der Waals surface area contributed by atoms with Gasteiger partial charge in [-0.3, -0.25) is 9.59 Å². The topological polar surface area (TPSA) is 43.4 Å². The predicted molar refractivity (Wildman–Crippen MR) is 57.0 cm³/mol. The first kappa shape index (κ1) is 12.6. The summed E-state index contributed by atoms with van der Waals surface area (Å²) in [6.07, 6.45) is -0.0128. The molecule has 0 spiro atoms. The molecule has 0 aliphatic heterocycles. The zero-order valence-electron chi connectivity index (χ0n) is 8.63. The monoisotopic (exact) mass is 244 g/mol. The number of Topliss-reactive ketones (excluding diaryl/α,β-unsaturated/α-hetero) is 1. The molecule has 0 aliphatic rings. The van der Waals surface area contributed by atoms with Crippen LogP contribution in [0.15, 0.2) is 18.2 Å². The van der Waals surface area contributed by atoms with Crippen LogP contribution in [-0.2, 0) is 9.53 Å². The first-order valence-electron chi connectivity index (χ1n) is 4.59. The van der Waals surface area contributed by atoms with Gasteiger partial charge in [0, 0.05) is 12.0 Å². The number of methoxy groups -OCH3 is 1. The molecule has 0 amide bonds. The van der Waals surface area contributed by atoms with E-state index in [1.807, 2.05) is 0 Å². The van der Waals surface area contributed by atoms with Crippen LogP contribution in [0.3, 0.4) is 0 Å². The lowest BCUT2D eigenvalue weighted by atomic mass is 10.1. The highest BCUT2D eigenvalue weighted by Gasteiger charge is 2.13. The van der Waals surface area contributed by atoms with Crippen molar-refractivity contribution < 1.29 is 18.7 Å². The molecule has 1 rings (SSSR count). The first-order valence-corrected chi connectivity index (χ1v) is 4.97. The molecule has 0 bridgehead atoms. The van der Waals surface area contributed by atoms with E-state index >= 15 is 0 Å². The minimum absolute atomic E-state index is 0.00196. The van der Waals surface area contributed by atoms with Crippen LogP contribution in [0.4, 0.5) is 4.39 Å². The minimum atomic E-state index is -0.505. The normalized spacial score (nSPS) is 9.94. The molecule has 0 aromatic heterocycles. The molecule has 86 valence electrons. The highest BCUT2D eigenvalue weighted by molar-refractivity contribution is 6.34. The SMILES string of the molecule is COC(=O)CCC(=O)c1ccc(F)cc1Cl. The van der Waals surface area contributed by atoms with Crippen LogP contribution in [0.2, 0.25) is 5.02 Å². The number of carbonyl (C=O) groups is 2. The van der Waals surface area contributed by atoms with Gasteiger partial charge in [-0.1, -0.05) is 11.6 Å². The lowest BCUT2D eigenvalue weighted by Gasteiger charge is -2.03. The maximum atomic E-state index is 12.7. The maximum Gasteiger partial charge on any atom is 0.305 e. The minimum Gasteiger partial charge on any atom is -0.469 e. The third-order valence-corrected chi connectivity index (χ3v) is 2.33. The summed E-state index contributed by atoms with van der Waals surface area (Å²) >= 11 is 5.70. The van der Waals surface area contributed by atoms with Crippen molar-refractivity contribution in [2.45, 2.75) is 12.8 Å².